The summed E-state index contributed by atoms with van der Waals surface area (Å²) in [6.45, 7) is 4.11. The van der Waals surface area contributed by atoms with Gasteiger partial charge in [-0.05, 0) is 47.8 Å². The quantitative estimate of drug-likeness (QED) is 0.655. The topological polar surface area (TPSA) is 38.0 Å². The predicted octanol–water partition coefficient (Wildman–Crippen LogP) is 3.95. The molecule has 2 aromatic carbocycles. The summed E-state index contributed by atoms with van der Waals surface area (Å²) >= 11 is 3.21. The van der Waals surface area contributed by atoms with Crippen molar-refractivity contribution in [2.75, 3.05) is 0 Å². The number of benzene rings is 2. The normalized spacial score (nSPS) is 12.4. The second-order valence-electron chi connectivity index (χ2n) is 5.06. The molecule has 0 amide bonds. The maximum Gasteiger partial charge on any atom is 0.142 e. The van der Waals surface area contributed by atoms with Crippen LogP contribution in [0.15, 0.2) is 40.9 Å². The van der Waals surface area contributed by atoms with Crippen LogP contribution in [0.2, 0.25) is 0 Å². The fourth-order valence-corrected chi connectivity index (χ4v) is 2.85. The zero-order valence-corrected chi connectivity index (χ0v) is 13.2. The van der Waals surface area contributed by atoms with Gasteiger partial charge in [-0.25, -0.2) is 4.39 Å². The lowest BCUT2D eigenvalue weighted by Crippen LogP contribution is -2.30. The molecule has 0 aliphatic rings. The Morgan fingerprint density at radius 3 is 2.45 bits per heavy atom. The maximum atomic E-state index is 14.2. The highest BCUT2D eigenvalue weighted by Gasteiger charge is 2.16. The van der Waals surface area contributed by atoms with Crippen molar-refractivity contribution in [3.05, 3.63) is 68.9 Å². The SMILES string of the molecule is Cc1cc(C)cc(CC(NN)c2cccc(Br)c2F)c1. The molecule has 0 bridgehead atoms. The Morgan fingerprint density at radius 1 is 1.20 bits per heavy atom. The predicted molar refractivity (Wildman–Crippen MR) is 83.8 cm³/mol. The molecule has 1 unspecified atom stereocenters. The summed E-state index contributed by atoms with van der Waals surface area (Å²) < 4.78 is 14.6. The average molecular weight is 337 g/mol. The maximum absolute atomic E-state index is 14.2. The van der Waals surface area contributed by atoms with Gasteiger partial charge in [0.2, 0.25) is 0 Å². The summed E-state index contributed by atoms with van der Waals surface area (Å²) in [5, 5.41) is 0. The van der Waals surface area contributed by atoms with E-state index in [0.717, 1.165) is 5.56 Å². The van der Waals surface area contributed by atoms with Gasteiger partial charge in [-0.3, -0.25) is 11.3 Å². The Hall–Kier alpha value is -1.23. The third-order valence-electron chi connectivity index (χ3n) is 3.28. The van der Waals surface area contributed by atoms with E-state index in [9.17, 15) is 4.39 Å². The van der Waals surface area contributed by atoms with Crippen LogP contribution < -0.4 is 11.3 Å². The minimum atomic E-state index is -0.264. The number of nitrogens with two attached hydrogens (primary N) is 1. The fourth-order valence-electron chi connectivity index (χ4n) is 2.47. The molecule has 4 heteroatoms. The van der Waals surface area contributed by atoms with Gasteiger partial charge < -0.3 is 0 Å². The molecule has 20 heavy (non-hydrogen) atoms. The van der Waals surface area contributed by atoms with Crippen molar-refractivity contribution in [3.8, 4) is 0 Å². The first-order valence-corrected chi connectivity index (χ1v) is 7.27. The summed E-state index contributed by atoms with van der Waals surface area (Å²) in [6.07, 6.45) is 0.645. The lowest BCUT2D eigenvalue weighted by Gasteiger charge is -2.18. The van der Waals surface area contributed by atoms with Crippen molar-refractivity contribution in [2.24, 2.45) is 5.84 Å². The Morgan fingerprint density at radius 2 is 1.85 bits per heavy atom. The first-order valence-electron chi connectivity index (χ1n) is 6.48. The lowest BCUT2D eigenvalue weighted by atomic mass is 9.96. The van der Waals surface area contributed by atoms with Crippen molar-refractivity contribution in [2.45, 2.75) is 26.3 Å². The molecule has 0 aliphatic carbocycles. The Kier molecular flexibility index (Phi) is 4.91. The highest BCUT2D eigenvalue weighted by atomic mass is 79.9. The molecule has 0 saturated heterocycles. The molecular weight excluding hydrogens is 319 g/mol. The van der Waals surface area contributed by atoms with E-state index in [4.69, 9.17) is 5.84 Å². The van der Waals surface area contributed by atoms with Crippen molar-refractivity contribution in [1.82, 2.24) is 5.43 Å². The van der Waals surface area contributed by atoms with Gasteiger partial charge in [0, 0.05) is 5.56 Å². The van der Waals surface area contributed by atoms with E-state index in [-0.39, 0.29) is 11.9 Å². The number of hydrogen-bond acceptors (Lipinski definition) is 2. The van der Waals surface area contributed by atoms with Gasteiger partial charge in [0.05, 0.1) is 10.5 Å². The van der Waals surface area contributed by atoms with Crippen LogP contribution in [0, 0.1) is 19.7 Å². The molecule has 0 saturated carbocycles. The van der Waals surface area contributed by atoms with Gasteiger partial charge in [-0.15, -0.1) is 0 Å². The van der Waals surface area contributed by atoms with Crippen LogP contribution in [0.5, 0.6) is 0 Å². The first-order chi connectivity index (χ1) is 9.51. The molecule has 2 rings (SSSR count). The zero-order valence-electron chi connectivity index (χ0n) is 11.6. The van der Waals surface area contributed by atoms with E-state index in [1.807, 2.05) is 6.07 Å². The van der Waals surface area contributed by atoms with E-state index in [1.165, 1.54) is 11.1 Å². The second kappa shape index (κ2) is 6.48. The molecule has 2 aromatic rings. The van der Waals surface area contributed by atoms with E-state index < -0.39 is 0 Å². The number of hydrogen-bond donors (Lipinski definition) is 2. The largest absolute Gasteiger partial charge is 0.271 e. The summed E-state index contributed by atoms with van der Waals surface area (Å²) in [4.78, 5) is 0. The van der Waals surface area contributed by atoms with Crippen LogP contribution in [0.1, 0.15) is 28.3 Å². The van der Waals surface area contributed by atoms with Crippen LogP contribution in [0.3, 0.4) is 0 Å². The monoisotopic (exact) mass is 336 g/mol. The van der Waals surface area contributed by atoms with Crippen molar-refractivity contribution >= 4 is 15.9 Å². The fraction of sp³-hybridized carbons (Fsp3) is 0.250. The molecule has 106 valence electrons. The first kappa shape index (κ1) is 15.2. The minimum Gasteiger partial charge on any atom is -0.271 e. The Bertz CT molecular complexity index is 593. The van der Waals surface area contributed by atoms with Crippen LogP contribution in [0.25, 0.3) is 0 Å². The zero-order chi connectivity index (χ0) is 14.7. The molecule has 0 aromatic heterocycles. The van der Waals surface area contributed by atoms with Crippen LogP contribution in [0.4, 0.5) is 4.39 Å². The molecule has 0 spiro atoms. The number of halogens is 2. The highest BCUT2D eigenvalue weighted by molar-refractivity contribution is 9.10. The molecular formula is C16H18BrFN2. The van der Waals surface area contributed by atoms with Crippen LogP contribution >= 0.6 is 15.9 Å². The third kappa shape index (κ3) is 3.45. The van der Waals surface area contributed by atoms with E-state index >= 15 is 0 Å². The molecule has 0 fully saturated rings. The summed E-state index contributed by atoms with van der Waals surface area (Å²) in [7, 11) is 0. The minimum absolute atomic E-state index is 0.256. The van der Waals surface area contributed by atoms with Crippen molar-refractivity contribution < 1.29 is 4.39 Å². The smallest absolute Gasteiger partial charge is 0.142 e. The lowest BCUT2D eigenvalue weighted by molar-refractivity contribution is 0.508. The number of aryl methyl sites for hydroxylation is 2. The summed E-state index contributed by atoms with van der Waals surface area (Å²) in [6, 6.07) is 11.3. The molecule has 2 nitrogen and oxygen atoms in total. The van der Waals surface area contributed by atoms with Gasteiger partial charge in [0.15, 0.2) is 0 Å². The third-order valence-corrected chi connectivity index (χ3v) is 3.89. The van der Waals surface area contributed by atoms with Gasteiger partial charge >= 0.3 is 0 Å². The Labute approximate surface area is 127 Å². The van der Waals surface area contributed by atoms with Crippen LogP contribution in [-0.4, -0.2) is 0 Å². The standard InChI is InChI=1S/C16H18BrFN2/c1-10-6-11(2)8-12(7-10)9-15(20-19)13-4-3-5-14(17)16(13)18/h3-8,15,20H,9,19H2,1-2H3. The number of rotatable bonds is 4. The van der Waals surface area contributed by atoms with Crippen molar-refractivity contribution in [3.63, 3.8) is 0 Å². The molecule has 0 radical (unpaired) electrons. The number of hydrazine groups is 1. The van der Waals surface area contributed by atoms with E-state index in [2.05, 4.69) is 53.4 Å². The van der Waals surface area contributed by atoms with Gasteiger partial charge in [-0.1, -0.05) is 41.5 Å². The molecule has 1 atom stereocenters. The van der Waals surface area contributed by atoms with Crippen molar-refractivity contribution in [1.29, 1.82) is 0 Å². The van der Waals surface area contributed by atoms with Gasteiger partial charge in [0.25, 0.3) is 0 Å². The van der Waals surface area contributed by atoms with Crippen LogP contribution in [-0.2, 0) is 6.42 Å². The molecule has 3 N–H and O–H groups in total. The highest BCUT2D eigenvalue weighted by Crippen LogP contribution is 2.26. The summed E-state index contributed by atoms with van der Waals surface area (Å²) in [5.41, 5.74) is 6.83. The average Bonchev–Trinajstić information content (AvgIpc) is 2.38. The van der Waals surface area contributed by atoms with Gasteiger partial charge in [-0.2, -0.15) is 0 Å². The van der Waals surface area contributed by atoms with E-state index in [0.29, 0.717) is 16.5 Å². The molecule has 0 aliphatic heterocycles. The number of nitrogens with one attached hydrogen (secondary N) is 1. The molecule has 0 heterocycles. The second-order valence-corrected chi connectivity index (χ2v) is 5.92. The Balaban J connectivity index is 2.31. The van der Waals surface area contributed by atoms with E-state index in [1.54, 1.807) is 12.1 Å². The summed E-state index contributed by atoms with van der Waals surface area (Å²) in [5.74, 6) is 5.35. The van der Waals surface area contributed by atoms with Gasteiger partial charge in [0.1, 0.15) is 5.82 Å².